The van der Waals surface area contributed by atoms with Crippen molar-refractivity contribution in [3.05, 3.63) is 24.3 Å². The third kappa shape index (κ3) is 5.62. The van der Waals surface area contributed by atoms with Gasteiger partial charge in [0.1, 0.15) is 12.4 Å². The molecule has 0 amide bonds. The van der Waals surface area contributed by atoms with Gasteiger partial charge >= 0.3 is 5.51 Å². The number of guanidine groups is 1. The van der Waals surface area contributed by atoms with E-state index in [1.165, 1.54) is 12.1 Å². The quantitative estimate of drug-likeness (QED) is 0.285. The van der Waals surface area contributed by atoms with Crippen molar-refractivity contribution in [2.45, 2.75) is 29.3 Å². The summed E-state index contributed by atoms with van der Waals surface area (Å²) in [7, 11) is -3.48. The normalized spacial score (nSPS) is 15.4. The highest BCUT2D eigenvalue weighted by atomic mass is 127. The number of nitrogens with zero attached hydrogens (tertiary/aromatic N) is 2. The van der Waals surface area contributed by atoms with E-state index in [2.05, 4.69) is 4.99 Å². The molecule has 0 aromatic heterocycles. The van der Waals surface area contributed by atoms with Gasteiger partial charge in [-0.05, 0) is 37.1 Å². The third-order valence-electron chi connectivity index (χ3n) is 3.53. The molecule has 1 aromatic carbocycles. The van der Waals surface area contributed by atoms with Crippen LogP contribution in [0.5, 0.6) is 5.75 Å². The standard InChI is InChI=1S/C14H18F3N3O3S.HI/c1-20(10-2-3-10)13(18)19-8-9-23-11-4-6-12(7-5-11)24(21,22)14(15,16)17;/h4-7,10H,2-3,8-9H2,1H3,(H2,18,19);1H. The molecule has 0 unspecified atom stereocenters. The topological polar surface area (TPSA) is 85.0 Å². The first-order chi connectivity index (χ1) is 11.1. The molecule has 0 atom stereocenters. The first-order valence-electron chi connectivity index (χ1n) is 7.20. The second-order valence-electron chi connectivity index (χ2n) is 5.35. The molecule has 0 heterocycles. The largest absolute Gasteiger partial charge is 0.501 e. The summed E-state index contributed by atoms with van der Waals surface area (Å²) in [5, 5.41) is 0. The Hall–Kier alpha value is -1.24. The molecular formula is C14H19F3IN3O3S. The van der Waals surface area contributed by atoms with E-state index in [0.29, 0.717) is 12.0 Å². The molecule has 1 aromatic rings. The van der Waals surface area contributed by atoms with Crippen molar-refractivity contribution in [2.75, 3.05) is 20.2 Å². The average molecular weight is 493 g/mol. The summed E-state index contributed by atoms with van der Waals surface area (Å²) in [4.78, 5) is 5.20. The lowest BCUT2D eigenvalue weighted by Crippen LogP contribution is -2.36. The maximum atomic E-state index is 12.4. The molecule has 1 saturated carbocycles. The lowest BCUT2D eigenvalue weighted by atomic mass is 10.3. The van der Waals surface area contributed by atoms with E-state index >= 15 is 0 Å². The van der Waals surface area contributed by atoms with E-state index in [1.807, 2.05) is 11.9 Å². The fourth-order valence-electron chi connectivity index (χ4n) is 1.93. The Morgan fingerprint density at radius 2 is 1.88 bits per heavy atom. The lowest BCUT2D eigenvalue weighted by molar-refractivity contribution is -0.0436. The summed E-state index contributed by atoms with van der Waals surface area (Å²) in [5.74, 6) is 0.660. The number of benzene rings is 1. The van der Waals surface area contributed by atoms with Crippen LogP contribution in [0.1, 0.15) is 12.8 Å². The number of alkyl halides is 3. The molecule has 11 heteroatoms. The van der Waals surface area contributed by atoms with Crippen molar-refractivity contribution in [1.29, 1.82) is 0 Å². The van der Waals surface area contributed by atoms with E-state index in [4.69, 9.17) is 10.5 Å². The summed E-state index contributed by atoms with van der Waals surface area (Å²) in [6.45, 7) is 0.454. The second-order valence-corrected chi connectivity index (χ2v) is 7.29. The Bertz CT molecular complexity index is 704. The van der Waals surface area contributed by atoms with Gasteiger partial charge in [-0.2, -0.15) is 13.2 Å². The highest BCUT2D eigenvalue weighted by Crippen LogP contribution is 2.31. The van der Waals surface area contributed by atoms with Crippen molar-refractivity contribution in [3.63, 3.8) is 0 Å². The van der Waals surface area contributed by atoms with E-state index < -0.39 is 20.2 Å². The molecule has 6 nitrogen and oxygen atoms in total. The molecule has 0 bridgehead atoms. The van der Waals surface area contributed by atoms with Crippen LogP contribution in [0.15, 0.2) is 34.2 Å². The Morgan fingerprint density at radius 1 is 1.32 bits per heavy atom. The number of hydrogen-bond donors (Lipinski definition) is 1. The predicted octanol–water partition coefficient (Wildman–Crippen LogP) is 2.39. The van der Waals surface area contributed by atoms with Crippen LogP contribution >= 0.6 is 24.0 Å². The van der Waals surface area contributed by atoms with Gasteiger partial charge in [-0.3, -0.25) is 0 Å². The maximum absolute atomic E-state index is 12.4. The number of aliphatic imine (C=N–C) groups is 1. The number of sulfone groups is 1. The molecule has 0 radical (unpaired) electrons. The number of nitrogens with two attached hydrogens (primary N) is 1. The first kappa shape index (κ1) is 21.8. The minimum absolute atomic E-state index is 0. The number of halogens is 4. The SMILES string of the molecule is CN(C(N)=NCCOc1ccc(S(=O)(=O)C(F)(F)F)cc1)C1CC1.I. The molecule has 0 aliphatic heterocycles. The van der Waals surface area contributed by atoms with Gasteiger partial charge in [0.05, 0.1) is 11.4 Å². The number of hydrogen-bond acceptors (Lipinski definition) is 4. The van der Waals surface area contributed by atoms with Crippen molar-refractivity contribution in [3.8, 4) is 5.75 Å². The van der Waals surface area contributed by atoms with Crippen LogP contribution in [0.25, 0.3) is 0 Å². The maximum Gasteiger partial charge on any atom is 0.501 e. The predicted molar refractivity (Wildman–Crippen MR) is 97.9 cm³/mol. The zero-order valence-electron chi connectivity index (χ0n) is 13.4. The zero-order valence-corrected chi connectivity index (χ0v) is 16.5. The van der Waals surface area contributed by atoms with Crippen LogP contribution in [0.4, 0.5) is 13.2 Å². The summed E-state index contributed by atoms with van der Waals surface area (Å²) in [6.07, 6.45) is 2.19. The van der Waals surface area contributed by atoms with Crippen molar-refractivity contribution in [1.82, 2.24) is 4.90 Å². The Balaban J connectivity index is 0.00000312. The highest BCUT2D eigenvalue weighted by molar-refractivity contribution is 14.0. The Kier molecular flexibility index (Phi) is 7.35. The van der Waals surface area contributed by atoms with Crippen LogP contribution in [0.2, 0.25) is 0 Å². The summed E-state index contributed by atoms with van der Waals surface area (Å²) >= 11 is 0. The second kappa shape index (κ2) is 8.43. The van der Waals surface area contributed by atoms with E-state index in [0.717, 1.165) is 25.0 Å². The van der Waals surface area contributed by atoms with Gasteiger partial charge in [0, 0.05) is 13.1 Å². The van der Waals surface area contributed by atoms with Crippen molar-refractivity contribution < 1.29 is 26.3 Å². The molecule has 1 fully saturated rings. The Morgan fingerprint density at radius 3 is 2.36 bits per heavy atom. The van der Waals surface area contributed by atoms with E-state index in [-0.39, 0.29) is 42.9 Å². The first-order valence-corrected chi connectivity index (χ1v) is 8.68. The van der Waals surface area contributed by atoms with E-state index in [9.17, 15) is 21.6 Å². The fraction of sp³-hybridized carbons (Fsp3) is 0.500. The monoisotopic (exact) mass is 493 g/mol. The van der Waals surface area contributed by atoms with Gasteiger partial charge in [-0.1, -0.05) is 0 Å². The molecule has 2 rings (SSSR count). The Labute approximate surface area is 161 Å². The van der Waals surface area contributed by atoms with Gasteiger partial charge in [0.2, 0.25) is 0 Å². The average Bonchev–Trinajstić information content (AvgIpc) is 3.34. The molecule has 25 heavy (non-hydrogen) atoms. The van der Waals surface area contributed by atoms with Crippen molar-refractivity contribution >= 4 is 39.8 Å². The van der Waals surface area contributed by atoms with Crippen LogP contribution < -0.4 is 10.5 Å². The molecule has 0 spiro atoms. The van der Waals surface area contributed by atoms with Crippen LogP contribution in [0, 0.1) is 0 Å². The van der Waals surface area contributed by atoms with E-state index in [1.54, 1.807) is 0 Å². The van der Waals surface area contributed by atoms with Gasteiger partial charge in [0.25, 0.3) is 9.84 Å². The summed E-state index contributed by atoms with van der Waals surface area (Å²) in [6, 6.07) is 4.50. The van der Waals surface area contributed by atoms with Gasteiger partial charge in [-0.15, -0.1) is 24.0 Å². The zero-order chi connectivity index (χ0) is 18.0. The third-order valence-corrected chi connectivity index (χ3v) is 5.03. The van der Waals surface area contributed by atoms with Gasteiger partial charge in [0.15, 0.2) is 5.96 Å². The minimum atomic E-state index is -5.34. The molecule has 1 aliphatic rings. The summed E-state index contributed by atoms with van der Waals surface area (Å²) in [5.41, 5.74) is 0.469. The van der Waals surface area contributed by atoms with Crippen LogP contribution in [-0.4, -0.2) is 51.0 Å². The van der Waals surface area contributed by atoms with Crippen molar-refractivity contribution in [2.24, 2.45) is 10.7 Å². The molecule has 2 N–H and O–H groups in total. The highest BCUT2D eigenvalue weighted by Gasteiger charge is 2.46. The molecule has 1 aliphatic carbocycles. The molecular weight excluding hydrogens is 474 g/mol. The molecule has 142 valence electrons. The number of ether oxygens (including phenoxy) is 1. The fourth-order valence-corrected chi connectivity index (χ4v) is 2.69. The van der Waals surface area contributed by atoms with Gasteiger partial charge in [-0.25, -0.2) is 13.4 Å². The number of rotatable bonds is 6. The smallest absolute Gasteiger partial charge is 0.492 e. The minimum Gasteiger partial charge on any atom is -0.492 e. The van der Waals surface area contributed by atoms with Crippen LogP contribution in [0.3, 0.4) is 0 Å². The molecule has 0 saturated heterocycles. The van der Waals surface area contributed by atoms with Crippen LogP contribution in [-0.2, 0) is 9.84 Å². The summed E-state index contributed by atoms with van der Waals surface area (Å²) < 4.78 is 65.0. The lowest BCUT2D eigenvalue weighted by Gasteiger charge is -2.16. The van der Waals surface area contributed by atoms with Gasteiger partial charge < -0.3 is 15.4 Å².